The highest BCUT2D eigenvalue weighted by atomic mass is 32.2. The number of amides is 1. The summed E-state index contributed by atoms with van der Waals surface area (Å²) >= 11 is 1.74. The molecular formula is C22H24N2OS. The van der Waals surface area contributed by atoms with Crippen LogP contribution < -0.4 is 10.2 Å². The van der Waals surface area contributed by atoms with Gasteiger partial charge < -0.3 is 10.2 Å². The van der Waals surface area contributed by atoms with E-state index in [0.29, 0.717) is 6.54 Å². The Morgan fingerprint density at radius 3 is 2.58 bits per heavy atom. The van der Waals surface area contributed by atoms with Gasteiger partial charge in [-0.1, -0.05) is 49.8 Å². The molecule has 2 aromatic carbocycles. The molecule has 0 spiro atoms. The van der Waals surface area contributed by atoms with Crippen molar-refractivity contribution in [1.29, 1.82) is 0 Å². The monoisotopic (exact) mass is 364 g/mol. The molecule has 4 rings (SSSR count). The second-order valence-corrected chi connectivity index (χ2v) is 8.53. The van der Waals surface area contributed by atoms with Gasteiger partial charge in [0, 0.05) is 16.0 Å². The second-order valence-electron chi connectivity index (χ2n) is 7.65. The molecule has 4 heteroatoms. The van der Waals surface area contributed by atoms with Crippen LogP contribution in [-0.2, 0) is 10.2 Å². The van der Waals surface area contributed by atoms with Crippen LogP contribution in [0.15, 0.2) is 53.4 Å². The summed E-state index contributed by atoms with van der Waals surface area (Å²) in [5, 5.41) is 3.27. The lowest BCUT2D eigenvalue weighted by Crippen LogP contribution is -2.58. The molecule has 0 aromatic heterocycles. The molecule has 3 nitrogen and oxygen atoms in total. The maximum atomic E-state index is 12.3. The van der Waals surface area contributed by atoms with E-state index >= 15 is 0 Å². The van der Waals surface area contributed by atoms with Crippen LogP contribution in [0.3, 0.4) is 0 Å². The zero-order valence-electron chi connectivity index (χ0n) is 15.7. The van der Waals surface area contributed by atoms with Gasteiger partial charge in [-0.15, -0.1) is 11.8 Å². The van der Waals surface area contributed by atoms with E-state index in [0.717, 1.165) is 11.3 Å². The number of carbonyl (C=O) groups is 1. The number of fused-ring (bicyclic) bond motifs is 3. The minimum Gasteiger partial charge on any atom is -0.335 e. The van der Waals surface area contributed by atoms with Gasteiger partial charge >= 0.3 is 0 Å². The third-order valence-electron chi connectivity index (χ3n) is 5.76. The zero-order chi connectivity index (χ0) is 18.5. The van der Waals surface area contributed by atoms with Crippen LogP contribution in [0.5, 0.6) is 0 Å². The van der Waals surface area contributed by atoms with E-state index in [1.165, 1.54) is 16.0 Å². The van der Waals surface area contributed by atoms with E-state index in [-0.39, 0.29) is 11.3 Å². The predicted octanol–water partition coefficient (Wildman–Crippen LogP) is 4.35. The van der Waals surface area contributed by atoms with Gasteiger partial charge in [-0.2, -0.15) is 0 Å². The molecule has 1 atom stereocenters. The lowest BCUT2D eigenvalue weighted by atomic mass is 9.75. The Morgan fingerprint density at radius 1 is 1.15 bits per heavy atom. The van der Waals surface area contributed by atoms with Gasteiger partial charge in [-0.05, 0) is 48.6 Å². The minimum absolute atomic E-state index is 0.0756. The van der Waals surface area contributed by atoms with E-state index < -0.39 is 5.66 Å². The topological polar surface area (TPSA) is 32.3 Å². The number of thioether (sulfide) groups is 1. The molecule has 26 heavy (non-hydrogen) atoms. The number of hydrogen-bond donors (Lipinski definition) is 1. The van der Waals surface area contributed by atoms with Gasteiger partial charge in [0.2, 0.25) is 5.91 Å². The Balaban J connectivity index is 1.79. The number of aryl methyl sites for hydroxylation is 1. The molecule has 2 aliphatic rings. The van der Waals surface area contributed by atoms with Crippen LogP contribution in [0.4, 0.5) is 5.69 Å². The molecule has 134 valence electrons. The summed E-state index contributed by atoms with van der Waals surface area (Å²) in [6.07, 6.45) is 6.38. The third-order valence-corrected chi connectivity index (χ3v) is 6.50. The second kappa shape index (κ2) is 5.92. The molecule has 2 heterocycles. The van der Waals surface area contributed by atoms with Crippen molar-refractivity contribution in [1.82, 2.24) is 5.32 Å². The lowest BCUT2D eigenvalue weighted by molar-refractivity contribution is -0.118. The van der Waals surface area contributed by atoms with Crippen molar-refractivity contribution in [3.63, 3.8) is 0 Å². The Labute approximate surface area is 159 Å². The van der Waals surface area contributed by atoms with Crippen molar-refractivity contribution >= 4 is 29.4 Å². The number of hydrogen-bond acceptors (Lipinski definition) is 3. The molecule has 1 fully saturated rings. The summed E-state index contributed by atoms with van der Waals surface area (Å²) < 4.78 is 0. The van der Waals surface area contributed by atoms with Crippen LogP contribution >= 0.6 is 11.8 Å². The van der Waals surface area contributed by atoms with E-state index in [9.17, 15) is 4.79 Å². The first-order chi connectivity index (χ1) is 12.4. The summed E-state index contributed by atoms with van der Waals surface area (Å²) in [6.45, 7) is 6.96. The average molecular weight is 365 g/mol. The Bertz CT molecular complexity index is 901. The molecular weight excluding hydrogens is 340 g/mol. The normalized spacial score (nSPS) is 23.2. The summed E-state index contributed by atoms with van der Waals surface area (Å²) in [6, 6.07) is 15.0. The first-order valence-corrected chi connectivity index (χ1v) is 10.1. The van der Waals surface area contributed by atoms with Crippen molar-refractivity contribution in [3.05, 3.63) is 65.2 Å². The lowest BCUT2D eigenvalue weighted by Gasteiger charge is -2.40. The molecule has 2 aliphatic heterocycles. The molecule has 1 N–H and O–H groups in total. The van der Waals surface area contributed by atoms with Gasteiger partial charge in [0.25, 0.3) is 0 Å². The summed E-state index contributed by atoms with van der Waals surface area (Å²) in [4.78, 5) is 15.8. The highest BCUT2D eigenvalue weighted by molar-refractivity contribution is 7.98. The zero-order valence-corrected chi connectivity index (χ0v) is 16.5. The van der Waals surface area contributed by atoms with Crippen LogP contribution in [-0.4, -0.2) is 24.4 Å². The number of nitrogens with zero attached hydrogens (tertiary/aromatic N) is 1. The fourth-order valence-electron chi connectivity index (χ4n) is 4.22. The van der Waals surface area contributed by atoms with Crippen molar-refractivity contribution in [2.24, 2.45) is 0 Å². The smallest absolute Gasteiger partial charge is 0.241 e. The Morgan fingerprint density at radius 2 is 1.88 bits per heavy atom. The number of carbonyl (C=O) groups excluding carboxylic acids is 1. The SMILES string of the molecule is CSc1ccc(C=C[C@]23NC(=O)CN2c2ccc(C)cc2C3(C)C)cc1. The maximum absolute atomic E-state index is 12.3. The highest BCUT2D eigenvalue weighted by Gasteiger charge is 2.59. The number of nitrogens with one attached hydrogen (secondary N) is 1. The largest absolute Gasteiger partial charge is 0.335 e. The standard InChI is InChI=1S/C22H24N2OS/c1-15-5-10-19-18(13-15)21(2,3)22(23-20(25)14-24(19)22)12-11-16-6-8-17(26-4)9-7-16/h5-13H,14H2,1-4H3,(H,23,25)/t22-/m0/s1. The maximum Gasteiger partial charge on any atom is 0.241 e. The number of anilines is 1. The number of rotatable bonds is 3. The average Bonchev–Trinajstić information content (AvgIpc) is 3.05. The molecule has 1 amide bonds. The third kappa shape index (κ3) is 2.39. The Hall–Kier alpha value is -2.20. The predicted molar refractivity (Wildman–Crippen MR) is 110 cm³/mol. The van der Waals surface area contributed by atoms with Crippen molar-refractivity contribution in [2.75, 3.05) is 17.7 Å². The minimum atomic E-state index is -0.529. The summed E-state index contributed by atoms with van der Waals surface area (Å²) in [5.74, 6) is 0.0756. The Kier molecular flexibility index (Phi) is 3.92. The van der Waals surface area contributed by atoms with Gasteiger partial charge in [0.05, 0.1) is 6.54 Å². The van der Waals surface area contributed by atoms with E-state index in [1.807, 2.05) is 0 Å². The van der Waals surface area contributed by atoms with Crippen molar-refractivity contribution < 1.29 is 4.79 Å². The van der Waals surface area contributed by atoms with Gasteiger partial charge in [0.1, 0.15) is 5.66 Å². The van der Waals surface area contributed by atoms with Gasteiger partial charge in [0.15, 0.2) is 0 Å². The molecule has 0 aliphatic carbocycles. The quantitative estimate of drug-likeness (QED) is 0.822. The van der Waals surface area contributed by atoms with Gasteiger partial charge in [-0.25, -0.2) is 0 Å². The molecule has 1 saturated heterocycles. The van der Waals surface area contributed by atoms with Crippen molar-refractivity contribution in [2.45, 2.75) is 36.7 Å². The first-order valence-electron chi connectivity index (χ1n) is 8.90. The van der Waals surface area contributed by atoms with Crippen molar-refractivity contribution in [3.8, 4) is 0 Å². The van der Waals surface area contributed by atoms with Crippen LogP contribution in [0.25, 0.3) is 6.08 Å². The van der Waals surface area contributed by atoms with Gasteiger partial charge in [-0.3, -0.25) is 4.79 Å². The van der Waals surface area contributed by atoms with E-state index in [4.69, 9.17) is 0 Å². The van der Waals surface area contributed by atoms with Crippen LogP contribution in [0, 0.1) is 6.92 Å². The van der Waals surface area contributed by atoms with Crippen LogP contribution in [0.1, 0.15) is 30.5 Å². The van der Waals surface area contributed by atoms with E-state index in [2.05, 4.69) is 91.9 Å². The summed E-state index contributed by atoms with van der Waals surface area (Å²) in [5.41, 5.74) is 4.08. The summed E-state index contributed by atoms with van der Waals surface area (Å²) in [7, 11) is 0. The first kappa shape index (κ1) is 17.2. The number of benzene rings is 2. The molecule has 2 aromatic rings. The highest BCUT2D eigenvalue weighted by Crippen LogP contribution is 2.53. The molecule has 0 saturated carbocycles. The molecule has 0 radical (unpaired) electrons. The molecule has 0 unspecified atom stereocenters. The molecule has 0 bridgehead atoms. The van der Waals surface area contributed by atoms with Crippen LogP contribution in [0.2, 0.25) is 0 Å². The van der Waals surface area contributed by atoms with E-state index in [1.54, 1.807) is 11.8 Å². The fraction of sp³-hybridized carbons (Fsp3) is 0.318. The fourth-order valence-corrected chi connectivity index (χ4v) is 4.63.